The van der Waals surface area contributed by atoms with Crippen molar-refractivity contribution in [2.45, 2.75) is 49.1 Å². The SMILES string of the molecule is O=C(O)C1=C[C@H](O)[C@@H](OS(=O)(=O)O)[C@H](O[C@H]2[C@H](OS(=O)(=O)O)[C@@H](NS(=O)(=O)O)C(O)O[C@@H]2CO)O1. The first-order chi connectivity index (χ1) is 15.8. The van der Waals surface area contributed by atoms with Crippen molar-refractivity contribution in [3.8, 4) is 0 Å². The van der Waals surface area contributed by atoms with Gasteiger partial charge in [-0.2, -0.15) is 30.0 Å². The van der Waals surface area contributed by atoms with E-state index < -0.39 is 98.6 Å². The summed E-state index contributed by atoms with van der Waals surface area (Å²) in [6, 6.07) is -2.32. The van der Waals surface area contributed by atoms with Crippen LogP contribution in [0.4, 0.5) is 0 Å². The summed E-state index contributed by atoms with van der Waals surface area (Å²) < 4.78 is 119. The summed E-state index contributed by atoms with van der Waals surface area (Å²) >= 11 is 0. The van der Waals surface area contributed by atoms with Gasteiger partial charge >= 0.3 is 37.1 Å². The van der Waals surface area contributed by atoms with Gasteiger partial charge in [-0.1, -0.05) is 0 Å². The molecule has 23 heteroatoms. The van der Waals surface area contributed by atoms with Crippen LogP contribution in [0.2, 0.25) is 0 Å². The van der Waals surface area contributed by atoms with Crippen LogP contribution < -0.4 is 4.72 Å². The molecular weight excluding hydrogens is 558 g/mol. The van der Waals surface area contributed by atoms with E-state index in [1.807, 2.05) is 0 Å². The molecule has 2 heterocycles. The molecule has 0 saturated carbocycles. The van der Waals surface area contributed by atoms with E-state index >= 15 is 0 Å². The molecule has 8 atom stereocenters. The minimum Gasteiger partial charge on any atom is -0.475 e. The summed E-state index contributed by atoms with van der Waals surface area (Å²) in [5.74, 6) is -2.91. The quantitative estimate of drug-likeness (QED) is 0.112. The number of hydrogen-bond donors (Lipinski definition) is 8. The maximum Gasteiger partial charge on any atom is 0.397 e. The van der Waals surface area contributed by atoms with E-state index in [-0.39, 0.29) is 0 Å². The smallest absolute Gasteiger partial charge is 0.397 e. The van der Waals surface area contributed by atoms with Crippen molar-refractivity contribution in [3.05, 3.63) is 11.8 Å². The van der Waals surface area contributed by atoms with Gasteiger partial charge in [-0.15, -0.1) is 0 Å². The molecule has 0 aromatic carbocycles. The number of rotatable bonds is 10. The van der Waals surface area contributed by atoms with Crippen LogP contribution in [0.1, 0.15) is 0 Å². The Morgan fingerprint density at radius 3 is 1.97 bits per heavy atom. The Morgan fingerprint density at radius 2 is 1.51 bits per heavy atom. The minimum atomic E-state index is -5.53. The van der Waals surface area contributed by atoms with Gasteiger partial charge in [0.1, 0.15) is 30.5 Å². The topological polar surface area (TPSA) is 319 Å². The van der Waals surface area contributed by atoms with E-state index in [1.165, 1.54) is 4.72 Å². The summed E-state index contributed by atoms with van der Waals surface area (Å²) in [6.45, 7) is -1.17. The Bertz CT molecular complexity index is 1130. The summed E-state index contributed by atoms with van der Waals surface area (Å²) in [5.41, 5.74) is 0. The molecule has 2 aliphatic heterocycles. The van der Waals surface area contributed by atoms with E-state index in [0.29, 0.717) is 6.08 Å². The van der Waals surface area contributed by atoms with Crippen molar-refractivity contribution in [1.29, 1.82) is 0 Å². The average molecular weight is 577 g/mol. The van der Waals surface area contributed by atoms with Crippen LogP contribution in [-0.2, 0) is 58.5 Å². The highest BCUT2D eigenvalue weighted by Crippen LogP contribution is 2.31. The van der Waals surface area contributed by atoms with E-state index in [1.54, 1.807) is 0 Å². The summed E-state index contributed by atoms with van der Waals surface area (Å²) in [6.07, 6.45) is -15.4. The molecule has 0 amide bonds. The van der Waals surface area contributed by atoms with Crippen LogP contribution in [0, 0.1) is 0 Å². The number of aliphatic hydroxyl groups is 3. The van der Waals surface area contributed by atoms with E-state index in [2.05, 4.69) is 8.37 Å². The fourth-order valence-electron chi connectivity index (χ4n) is 3.05. The second kappa shape index (κ2) is 10.8. The number of aliphatic hydroxyl groups excluding tert-OH is 3. The molecule has 2 aliphatic rings. The maximum atomic E-state index is 11.4. The second-order valence-electron chi connectivity index (χ2n) is 6.76. The molecule has 1 fully saturated rings. The highest BCUT2D eigenvalue weighted by atomic mass is 32.3. The van der Waals surface area contributed by atoms with Crippen LogP contribution in [0.15, 0.2) is 11.8 Å². The molecule has 20 nitrogen and oxygen atoms in total. The standard InChI is InChI=1S/C12H19NO19S3/c14-2-5-8(9(32-35(25,26)27)6(11(18)28-5)13-33(19,20)21)30-12-7(31-34(22,23)24)3(15)1-4(29-12)10(16)17/h1,3,5-9,11-15,18H,2H2,(H,16,17)(H,19,20,21)(H,22,23,24)(H,25,26,27)/t3-,5+,6+,7+,8+,9+,11?,12-/m0/s1. The summed E-state index contributed by atoms with van der Waals surface area (Å²) in [5, 5.41) is 38.7. The Labute approximate surface area is 196 Å². The Kier molecular flexibility index (Phi) is 9.15. The molecule has 204 valence electrons. The zero-order valence-corrected chi connectivity index (χ0v) is 19.1. The van der Waals surface area contributed by atoms with E-state index in [4.69, 9.17) is 33.0 Å². The monoisotopic (exact) mass is 577 g/mol. The lowest BCUT2D eigenvalue weighted by atomic mass is 9.97. The molecule has 2 rings (SSSR count). The first-order valence-corrected chi connectivity index (χ1v) is 12.9. The average Bonchev–Trinajstić information content (AvgIpc) is 2.65. The number of ether oxygens (including phenoxy) is 3. The van der Waals surface area contributed by atoms with Gasteiger partial charge in [0, 0.05) is 0 Å². The molecule has 0 spiro atoms. The predicted molar refractivity (Wildman–Crippen MR) is 101 cm³/mol. The maximum absolute atomic E-state index is 11.4. The van der Waals surface area contributed by atoms with Gasteiger partial charge in [0.25, 0.3) is 0 Å². The van der Waals surface area contributed by atoms with Gasteiger partial charge in [-0.3, -0.25) is 13.7 Å². The predicted octanol–water partition coefficient (Wildman–Crippen LogP) is -5.10. The van der Waals surface area contributed by atoms with Crippen LogP contribution in [-0.4, -0.2) is 121 Å². The van der Waals surface area contributed by atoms with Gasteiger partial charge in [-0.05, 0) is 6.08 Å². The lowest BCUT2D eigenvalue weighted by Gasteiger charge is -2.45. The highest BCUT2D eigenvalue weighted by molar-refractivity contribution is 7.83. The van der Waals surface area contributed by atoms with Gasteiger partial charge in [0.05, 0.1) is 6.61 Å². The first-order valence-electron chi connectivity index (χ1n) is 8.77. The van der Waals surface area contributed by atoms with Crippen LogP contribution in [0.25, 0.3) is 0 Å². The normalized spacial score (nSPS) is 34.6. The Balaban J connectivity index is 2.54. The Hall–Kier alpha value is -1.58. The molecule has 0 aromatic rings. The third-order valence-electron chi connectivity index (χ3n) is 4.27. The highest BCUT2D eigenvalue weighted by Gasteiger charge is 2.53. The molecule has 0 aliphatic carbocycles. The second-order valence-corrected chi connectivity index (χ2v) is 10.0. The number of hydrogen-bond acceptors (Lipinski definition) is 15. The molecule has 0 bridgehead atoms. The van der Waals surface area contributed by atoms with E-state index in [0.717, 1.165) is 0 Å². The van der Waals surface area contributed by atoms with Crippen molar-refractivity contribution in [2.75, 3.05) is 6.61 Å². The lowest BCUT2D eigenvalue weighted by molar-refractivity contribution is -0.300. The molecule has 35 heavy (non-hydrogen) atoms. The third-order valence-corrected chi connectivity index (χ3v) is 5.77. The fraction of sp³-hybridized carbons (Fsp3) is 0.750. The third kappa shape index (κ3) is 8.50. The van der Waals surface area contributed by atoms with Gasteiger partial charge < -0.3 is 34.6 Å². The zero-order valence-electron chi connectivity index (χ0n) is 16.7. The number of nitrogens with one attached hydrogen (secondary N) is 1. The Morgan fingerprint density at radius 1 is 0.971 bits per heavy atom. The van der Waals surface area contributed by atoms with Crippen molar-refractivity contribution in [3.63, 3.8) is 0 Å². The van der Waals surface area contributed by atoms with Gasteiger partial charge in [0.15, 0.2) is 12.4 Å². The number of carboxylic acid groups (broad SMARTS) is 1. The molecule has 1 unspecified atom stereocenters. The summed E-state index contributed by atoms with van der Waals surface area (Å²) in [7, 11) is -16.2. The number of carbonyl (C=O) groups is 1. The molecule has 0 aromatic heterocycles. The molecule has 0 radical (unpaired) electrons. The van der Waals surface area contributed by atoms with Crippen molar-refractivity contribution < 1.29 is 86.7 Å². The van der Waals surface area contributed by atoms with E-state index in [9.17, 15) is 45.4 Å². The van der Waals surface area contributed by atoms with Crippen molar-refractivity contribution >= 4 is 37.1 Å². The van der Waals surface area contributed by atoms with Crippen molar-refractivity contribution in [1.82, 2.24) is 4.72 Å². The summed E-state index contributed by atoms with van der Waals surface area (Å²) in [4.78, 5) is 11.2. The van der Waals surface area contributed by atoms with Crippen molar-refractivity contribution in [2.24, 2.45) is 0 Å². The van der Waals surface area contributed by atoms with Gasteiger partial charge in [0.2, 0.25) is 12.0 Å². The lowest BCUT2D eigenvalue weighted by Crippen LogP contribution is -2.67. The van der Waals surface area contributed by atoms with Crippen LogP contribution in [0.5, 0.6) is 0 Å². The minimum absolute atomic E-state index is 0.428. The molecule has 1 saturated heterocycles. The molecular formula is C12H19NO19S3. The largest absolute Gasteiger partial charge is 0.475 e. The molecule has 8 N–H and O–H groups in total. The zero-order chi connectivity index (χ0) is 26.9. The fourth-order valence-corrected chi connectivity index (χ4v) is 4.64. The van der Waals surface area contributed by atoms with Gasteiger partial charge in [-0.25, -0.2) is 13.2 Å². The number of aliphatic carboxylic acids is 1. The first kappa shape index (κ1) is 29.6. The van der Waals surface area contributed by atoms with Crippen LogP contribution in [0.3, 0.4) is 0 Å². The van der Waals surface area contributed by atoms with Crippen LogP contribution >= 0.6 is 0 Å². The number of carboxylic acids is 1.